The Kier molecular flexibility index (Phi) is 3.86. The van der Waals surface area contributed by atoms with Gasteiger partial charge in [-0.2, -0.15) is 0 Å². The third-order valence-corrected chi connectivity index (χ3v) is 5.90. The Morgan fingerprint density at radius 1 is 1.17 bits per heavy atom. The van der Waals surface area contributed by atoms with Crippen LogP contribution >= 0.6 is 0 Å². The average Bonchev–Trinajstić information content (AvgIpc) is 3.04. The van der Waals surface area contributed by atoms with Gasteiger partial charge in [0, 0.05) is 11.6 Å². The van der Waals surface area contributed by atoms with Crippen LogP contribution in [0.1, 0.15) is 51.7 Å². The molecule has 0 fully saturated rings. The van der Waals surface area contributed by atoms with Gasteiger partial charge in [-0.05, 0) is 50.3 Å². The van der Waals surface area contributed by atoms with Crippen LogP contribution in [-0.4, -0.2) is 20.0 Å². The molecule has 3 aromatic rings. The monoisotopic (exact) mass is 310 g/mol. The molecule has 0 saturated carbocycles. The summed E-state index contributed by atoms with van der Waals surface area (Å²) in [4.78, 5) is 4.68. The van der Waals surface area contributed by atoms with E-state index in [9.17, 15) is 0 Å². The van der Waals surface area contributed by atoms with E-state index in [0.717, 1.165) is 29.4 Å². The molecule has 3 rings (SSSR count). The lowest BCUT2D eigenvalue weighted by atomic mass is 9.82. The lowest BCUT2D eigenvalue weighted by molar-refractivity contribution is 0.175. The highest BCUT2D eigenvalue weighted by Gasteiger charge is 2.34. The summed E-state index contributed by atoms with van der Waals surface area (Å²) in [5, 5.41) is 10.3. The number of rotatable bonds is 4. The van der Waals surface area contributed by atoms with Crippen LogP contribution in [0.5, 0.6) is 0 Å². The molecule has 0 aliphatic heterocycles. The van der Waals surface area contributed by atoms with Crippen LogP contribution in [0.15, 0.2) is 18.3 Å². The van der Waals surface area contributed by atoms with Crippen LogP contribution in [0.3, 0.4) is 0 Å². The fourth-order valence-electron chi connectivity index (χ4n) is 3.53. The molecule has 0 aliphatic carbocycles. The largest absolute Gasteiger partial charge is 0.254 e. The van der Waals surface area contributed by atoms with E-state index in [2.05, 4.69) is 67.6 Å². The first kappa shape index (κ1) is 15.9. The molecule has 0 aliphatic rings. The zero-order chi connectivity index (χ0) is 16.8. The van der Waals surface area contributed by atoms with Crippen molar-refractivity contribution in [3.05, 3.63) is 29.5 Å². The molecule has 2 aromatic heterocycles. The maximum absolute atomic E-state index is 4.68. The molecular weight excluding hydrogens is 284 g/mol. The highest BCUT2D eigenvalue weighted by molar-refractivity contribution is 6.05. The highest BCUT2D eigenvalue weighted by Crippen LogP contribution is 2.37. The van der Waals surface area contributed by atoms with Gasteiger partial charge in [0.1, 0.15) is 11.0 Å². The van der Waals surface area contributed by atoms with E-state index in [-0.39, 0.29) is 5.54 Å². The summed E-state index contributed by atoms with van der Waals surface area (Å²) >= 11 is 0. The van der Waals surface area contributed by atoms with Gasteiger partial charge in [0.05, 0.1) is 11.1 Å². The van der Waals surface area contributed by atoms with Gasteiger partial charge >= 0.3 is 0 Å². The van der Waals surface area contributed by atoms with Crippen molar-refractivity contribution in [2.24, 2.45) is 5.92 Å². The van der Waals surface area contributed by atoms with Gasteiger partial charge in [-0.25, -0.2) is 4.68 Å². The Bertz CT molecular complexity index is 865. The first-order valence-electron chi connectivity index (χ1n) is 8.55. The number of benzene rings is 1. The number of fused-ring (bicyclic) bond motifs is 3. The van der Waals surface area contributed by atoms with Crippen molar-refractivity contribution < 1.29 is 0 Å². The van der Waals surface area contributed by atoms with E-state index in [0.29, 0.717) is 5.92 Å². The van der Waals surface area contributed by atoms with Gasteiger partial charge < -0.3 is 0 Å². The molecular formula is C19H26N4. The zero-order valence-electron chi connectivity index (χ0n) is 15.0. The molecule has 2 atom stereocenters. The Morgan fingerprint density at radius 2 is 1.91 bits per heavy atom. The fourth-order valence-corrected chi connectivity index (χ4v) is 3.53. The van der Waals surface area contributed by atoms with E-state index >= 15 is 0 Å². The van der Waals surface area contributed by atoms with E-state index < -0.39 is 0 Å². The van der Waals surface area contributed by atoms with Gasteiger partial charge in [0.2, 0.25) is 0 Å². The molecule has 122 valence electrons. The van der Waals surface area contributed by atoms with Crippen molar-refractivity contribution in [1.82, 2.24) is 20.0 Å². The maximum Gasteiger partial charge on any atom is 0.118 e. The normalized spacial score (nSPS) is 15.9. The molecule has 4 heteroatoms. The Morgan fingerprint density at radius 3 is 2.57 bits per heavy atom. The molecule has 2 heterocycles. The molecule has 0 N–H and O–H groups in total. The lowest BCUT2D eigenvalue weighted by Gasteiger charge is -2.35. The number of aryl methyl sites for hydroxylation is 2. The topological polar surface area (TPSA) is 43.6 Å². The minimum atomic E-state index is -0.0599. The zero-order valence-corrected chi connectivity index (χ0v) is 15.0. The van der Waals surface area contributed by atoms with Crippen LogP contribution in [0.2, 0.25) is 0 Å². The van der Waals surface area contributed by atoms with Crippen LogP contribution in [-0.2, 0) is 5.54 Å². The Balaban J connectivity index is 2.45. The van der Waals surface area contributed by atoms with Gasteiger partial charge in [0.25, 0.3) is 0 Å². The van der Waals surface area contributed by atoms with E-state index in [1.807, 2.05) is 12.3 Å². The van der Waals surface area contributed by atoms with Crippen molar-refractivity contribution in [1.29, 1.82) is 0 Å². The van der Waals surface area contributed by atoms with E-state index in [1.165, 1.54) is 16.5 Å². The molecule has 0 spiro atoms. The maximum atomic E-state index is 4.68. The smallest absolute Gasteiger partial charge is 0.118 e. The van der Waals surface area contributed by atoms with E-state index in [4.69, 9.17) is 0 Å². The molecule has 2 unspecified atom stereocenters. The predicted molar refractivity (Wildman–Crippen MR) is 95.7 cm³/mol. The summed E-state index contributed by atoms with van der Waals surface area (Å²) in [5.74, 6) is 0.512. The molecule has 0 saturated heterocycles. The van der Waals surface area contributed by atoms with Gasteiger partial charge in [0.15, 0.2) is 0 Å². The molecule has 0 radical (unpaired) electrons. The quantitative estimate of drug-likeness (QED) is 0.697. The first-order chi connectivity index (χ1) is 11.0. The number of pyridine rings is 1. The standard InChI is InChI=1S/C19H26N4/c1-7-12(3)19(6,8-2)23-18-16(21-22-23)14(5)13(4)15-10-9-11-20-17(15)18/h9-12H,7-8H2,1-6H3. The van der Waals surface area contributed by atoms with Crippen LogP contribution in [0, 0.1) is 19.8 Å². The van der Waals surface area contributed by atoms with Gasteiger partial charge in [-0.1, -0.05) is 38.5 Å². The second kappa shape index (κ2) is 5.59. The highest BCUT2D eigenvalue weighted by atomic mass is 15.5. The number of hydrogen-bond acceptors (Lipinski definition) is 3. The van der Waals surface area contributed by atoms with Gasteiger partial charge in [-0.15, -0.1) is 5.10 Å². The minimum Gasteiger partial charge on any atom is -0.254 e. The van der Waals surface area contributed by atoms with Crippen molar-refractivity contribution >= 4 is 21.9 Å². The Labute approximate surface area is 137 Å². The number of hydrogen-bond donors (Lipinski definition) is 0. The summed E-state index contributed by atoms with van der Waals surface area (Å²) in [6, 6.07) is 4.15. The fraction of sp³-hybridized carbons (Fsp3) is 0.526. The van der Waals surface area contributed by atoms with Crippen LogP contribution in [0.4, 0.5) is 0 Å². The SMILES string of the molecule is CCC(C)C(C)(CC)n1nnc2c(C)c(C)c3cccnc3c21. The average molecular weight is 310 g/mol. The van der Waals surface area contributed by atoms with Crippen molar-refractivity contribution in [3.63, 3.8) is 0 Å². The first-order valence-corrected chi connectivity index (χ1v) is 8.55. The summed E-state index contributed by atoms with van der Waals surface area (Å²) in [6.07, 6.45) is 3.99. The molecule has 4 nitrogen and oxygen atoms in total. The summed E-state index contributed by atoms with van der Waals surface area (Å²) in [7, 11) is 0. The molecule has 0 amide bonds. The predicted octanol–water partition coefficient (Wildman–Crippen LogP) is 4.77. The second-order valence-electron chi connectivity index (χ2n) is 6.87. The van der Waals surface area contributed by atoms with E-state index in [1.54, 1.807) is 0 Å². The third kappa shape index (κ3) is 2.15. The number of aromatic nitrogens is 4. The Hall–Kier alpha value is -1.97. The number of nitrogens with zero attached hydrogens (tertiary/aromatic N) is 4. The van der Waals surface area contributed by atoms with Crippen LogP contribution < -0.4 is 0 Å². The van der Waals surface area contributed by atoms with Gasteiger partial charge in [-0.3, -0.25) is 4.98 Å². The lowest BCUT2D eigenvalue weighted by Crippen LogP contribution is -2.37. The third-order valence-electron chi connectivity index (χ3n) is 5.90. The van der Waals surface area contributed by atoms with Crippen molar-refractivity contribution in [3.8, 4) is 0 Å². The molecule has 0 bridgehead atoms. The minimum absolute atomic E-state index is 0.0599. The summed E-state index contributed by atoms with van der Waals surface area (Å²) in [6.45, 7) is 13.3. The van der Waals surface area contributed by atoms with Crippen LogP contribution in [0.25, 0.3) is 21.9 Å². The second-order valence-corrected chi connectivity index (χ2v) is 6.87. The molecule has 1 aromatic carbocycles. The molecule has 23 heavy (non-hydrogen) atoms. The van der Waals surface area contributed by atoms with Crippen molar-refractivity contribution in [2.75, 3.05) is 0 Å². The van der Waals surface area contributed by atoms with Crippen molar-refractivity contribution in [2.45, 2.75) is 59.9 Å². The summed E-state index contributed by atoms with van der Waals surface area (Å²) < 4.78 is 2.14. The summed E-state index contributed by atoms with van der Waals surface area (Å²) in [5.41, 5.74) is 5.46.